The summed E-state index contributed by atoms with van der Waals surface area (Å²) in [4.78, 5) is 95.3. The van der Waals surface area contributed by atoms with Gasteiger partial charge in [-0.2, -0.15) is 0 Å². The fourth-order valence-electron chi connectivity index (χ4n) is 11.9. The number of aryl methyl sites for hydroxylation is 1. The summed E-state index contributed by atoms with van der Waals surface area (Å²) in [5, 5.41) is 16.3. The number of carbonyl (C=O) groups excluding carboxylic acids is 5. The van der Waals surface area contributed by atoms with Crippen LogP contribution in [0.5, 0.6) is 0 Å². The van der Waals surface area contributed by atoms with E-state index in [0.717, 1.165) is 68.0 Å². The van der Waals surface area contributed by atoms with Crippen molar-refractivity contribution in [2.45, 2.75) is 91.0 Å². The highest BCUT2D eigenvalue weighted by molar-refractivity contribution is 6.23. The average Bonchev–Trinajstić information content (AvgIpc) is 4.03. The minimum Gasteiger partial charge on any atom is -0.392 e. The number of carbonyl (C=O) groups is 5. The molecule has 1 spiro atoms. The summed E-state index contributed by atoms with van der Waals surface area (Å²) >= 11 is 0. The van der Waals surface area contributed by atoms with E-state index in [1.54, 1.807) is 42.5 Å². The molecule has 3 atom stereocenters. The van der Waals surface area contributed by atoms with Crippen LogP contribution < -0.4 is 30.9 Å². The highest BCUT2D eigenvalue weighted by atomic mass is 16.3. The molecule has 1 aliphatic carbocycles. The molecule has 6 aliphatic rings. The maximum atomic E-state index is 14.0. The van der Waals surface area contributed by atoms with Gasteiger partial charge in [0.2, 0.25) is 11.8 Å². The van der Waals surface area contributed by atoms with Crippen molar-refractivity contribution in [3.05, 3.63) is 111 Å². The van der Waals surface area contributed by atoms with Crippen LogP contribution in [0.1, 0.15) is 101 Å². The molecule has 5 aliphatic heterocycles. The molecule has 3 N–H and O–H groups in total. The predicted molar refractivity (Wildman–Crippen MR) is 254 cm³/mol. The summed E-state index contributed by atoms with van der Waals surface area (Å²) < 4.78 is 3.61. The van der Waals surface area contributed by atoms with E-state index in [1.807, 2.05) is 36.4 Å². The number of hydrogen-bond donors (Lipinski definition) is 3. The molecule has 11 rings (SSSR count). The van der Waals surface area contributed by atoms with Crippen molar-refractivity contribution in [3.8, 4) is 11.3 Å². The Morgan fingerprint density at radius 1 is 0.853 bits per heavy atom. The van der Waals surface area contributed by atoms with Crippen LogP contribution in [0.15, 0.2) is 71.8 Å². The van der Waals surface area contributed by atoms with E-state index < -0.39 is 29.7 Å². The molecule has 350 valence electrons. The van der Waals surface area contributed by atoms with Gasteiger partial charge < -0.3 is 29.4 Å². The van der Waals surface area contributed by atoms with Crippen molar-refractivity contribution in [1.29, 1.82) is 0 Å². The van der Waals surface area contributed by atoms with Gasteiger partial charge in [-0.25, -0.2) is 9.97 Å². The number of nitrogens with zero attached hydrogens (tertiary/aromatic N) is 8. The number of aromatic nitrogens is 4. The largest absolute Gasteiger partial charge is 0.392 e. The zero-order valence-corrected chi connectivity index (χ0v) is 38.7. The smallest absolute Gasteiger partial charge is 0.293 e. The van der Waals surface area contributed by atoms with E-state index in [9.17, 15) is 33.9 Å². The Balaban J connectivity index is 0.756. The molecule has 5 amide bonds. The molecule has 0 bridgehead atoms. The lowest BCUT2D eigenvalue weighted by atomic mass is 9.75. The molecule has 17 nitrogen and oxygen atoms in total. The first-order valence-corrected chi connectivity index (χ1v) is 23.6. The van der Waals surface area contributed by atoms with Gasteiger partial charge in [-0.3, -0.25) is 43.9 Å². The number of aliphatic hydroxyl groups excluding tert-OH is 1. The molecular weight excluding hydrogens is 865 g/mol. The monoisotopic (exact) mass is 918 g/mol. The van der Waals surface area contributed by atoms with Crippen molar-refractivity contribution in [1.82, 2.24) is 29.3 Å². The molecule has 5 aromatic rings. The zero-order chi connectivity index (χ0) is 47.4. The van der Waals surface area contributed by atoms with Crippen LogP contribution in [0, 0.1) is 10.8 Å². The lowest BCUT2D eigenvalue weighted by Crippen LogP contribution is -2.54. The van der Waals surface area contributed by atoms with Crippen molar-refractivity contribution >= 4 is 58.2 Å². The van der Waals surface area contributed by atoms with Gasteiger partial charge in [0.25, 0.3) is 23.3 Å². The lowest BCUT2D eigenvalue weighted by molar-refractivity contribution is -0.136. The van der Waals surface area contributed by atoms with Gasteiger partial charge in [0.1, 0.15) is 17.6 Å². The Morgan fingerprint density at radius 2 is 1.62 bits per heavy atom. The Morgan fingerprint density at radius 3 is 2.38 bits per heavy atom. The quantitative estimate of drug-likeness (QED) is 0.178. The van der Waals surface area contributed by atoms with Crippen LogP contribution in [-0.4, -0.2) is 96.9 Å². The number of benzene rings is 2. The number of aliphatic hydroxyl groups is 1. The molecule has 17 heteroatoms. The van der Waals surface area contributed by atoms with Crippen molar-refractivity contribution in [2.75, 3.05) is 46.2 Å². The summed E-state index contributed by atoms with van der Waals surface area (Å²) in [5.74, 6) is -1.69. The van der Waals surface area contributed by atoms with E-state index in [0.29, 0.717) is 47.1 Å². The number of amides is 5. The first kappa shape index (κ1) is 43.4. The summed E-state index contributed by atoms with van der Waals surface area (Å²) in [6.45, 7) is 9.90. The van der Waals surface area contributed by atoms with Crippen LogP contribution >= 0.6 is 0 Å². The summed E-state index contributed by atoms with van der Waals surface area (Å²) in [5.41, 5.74) is 7.69. The van der Waals surface area contributed by atoms with Crippen LogP contribution in [-0.2, 0) is 42.6 Å². The number of anilines is 5. The third kappa shape index (κ3) is 7.16. The van der Waals surface area contributed by atoms with E-state index in [4.69, 9.17) is 4.98 Å². The first-order chi connectivity index (χ1) is 32.6. The van der Waals surface area contributed by atoms with Crippen LogP contribution in [0.4, 0.5) is 28.7 Å². The van der Waals surface area contributed by atoms with Gasteiger partial charge in [0.15, 0.2) is 5.82 Å². The molecule has 0 saturated carbocycles. The standard InChI is InChI=1S/C51H54N10O7/c1-29-23-51(14-17-57(28-51)33-9-10-35-36(22-33)47(66)61(46(35)65)39-11-12-42(63)55-45(39)64)15-18-58(29)32-7-5-31(6-8-32)53-43-49(68)56(4)26-38(54-43)34-13-16-52-44(37(34)27-62)60-20-19-59-40(48(60)67)21-30-24-50(2,3)25-41(30)59/h5-10,13,16,21-22,26,29,39,62H,11-12,14-15,17-20,23-25,27-28H2,1-4H3,(H,53,54)(H,55,63,64)/t29-,39?,51+/m0/s1. The second-order valence-corrected chi connectivity index (χ2v) is 20.4. The Labute approximate surface area is 392 Å². The lowest BCUT2D eigenvalue weighted by Gasteiger charge is -2.45. The fourth-order valence-corrected chi connectivity index (χ4v) is 11.9. The van der Waals surface area contributed by atoms with E-state index in [1.165, 1.54) is 15.8 Å². The van der Waals surface area contributed by atoms with Gasteiger partial charge in [-0.1, -0.05) is 13.8 Å². The Hall–Kier alpha value is -7.14. The average molecular weight is 919 g/mol. The molecule has 3 aromatic heterocycles. The van der Waals surface area contributed by atoms with Gasteiger partial charge >= 0.3 is 0 Å². The maximum absolute atomic E-state index is 14.0. The van der Waals surface area contributed by atoms with E-state index in [2.05, 4.69) is 50.8 Å². The van der Waals surface area contributed by atoms with Gasteiger partial charge in [-0.05, 0) is 116 Å². The fraction of sp³-hybridized carbons (Fsp3) is 0.412. The number of nitrogens with one attached hydrogen (secondary N) is 2. The number of imide groups is 2. The predicted octanol–water partition coefficient (Wildman–Crippen LogP) is 4.95. The molecule has 68 heavy (non-hydrogen) atoms. The van der Waals surface area contributed by atoms with E-state index in [-0.39, 0.29) is 64.7 Å². The molecule has 2 aromatic carbocycles. The van der Waals surface area contributed by atoms with Gasteiger partial charge in [0, 0.05) is 98.5 Å². The molecule has 1 unspecified atom stereocenters. The number of hydrogen-bond acceptors (Lipinski definition) is 12. The molecule has 3 fully saturated rings. The topological polar surface area (TPSA) is 195 Å². The van der Waals surface area contributed by atoms with Gasteiger partial charge in [0.05, 0.1) is 23.4 Å². The second-order valence-electron chi connectivity index (χ2n) is 20.4. The third-order valence-corrected chi connectivity index (χ3v) is 15.3. The van der Waals surface area contributed by atoms with Crippen molar-refractivity contribution in [3.63, 3.8) is 0 Å². The highest BCUT2D eigenvalue weighted by Crippen LogP contribution is 2.46. The highest BCUT2D eigenvalue weighted by Gasteiger charge is 2.47. The first-order valence-electron chi connectivity index (χ1n) is 23.6. The summed E-state index contributed by atoms with van der Waals surface area (Å²) in [6.07, 6.45) is 8.22. The van der Waals surface area contributed by atoms with Crippen molar-refractivity contribution in [2.24, 2.45) is 17.9 Å². The maximum Gasteiger partial charge on any atom is 0.293 e. The third-order valence-electron chi connectivity index (χ3n) is 15.3. The number of piperidine rings is 2. The van der Waals surface area contributed by atoms with Crippen LogP contribution in [0.2, 0.25) is 0 Å². The molecule has 0 radical (unpaired) electrons. The minimum atomic E-state index is -1.00. The number of rotatable bonds is 8. The molecule has 3 saturated heterocycles. The molecular formula is C51H54N10O7. The summed E-state index contributed by atoms with van der Waals surface area (Å²) in [6, 6.07) is 16.3. The summed E-state index contributed by atoms with van der Waals surface area (Å²) in [7, 11) is 1.66. The molecule has 8 heterocycles. The SMILES string of the molecule is C[C@H]1C[C@@]2(CCN(c3ccc4c(c3)C(=O)N(C3CCC(=O)NC3=O)C4=O)C2)CCN1c1ccc(Nc2nc(-c3ccnc(N4CCn5c(cc6c5CC(C)(C)C6)C4=O)c3CO)cn(C)c2=O)cc1. The number of fused-ring (bicyclic) bond motifs is 4. The Kier molecular flexibility index (Phi) is 10.2. The minimum absolute atomic E-state index is 0.0737. The second kappa shape index (κ2) is 16.0. The van der Waals surface area contributed by atoms with Gasteiger partial charge in [-0.15, -0.1) is 0 Å². The normalized spacial score (nSPS) is 23.1. The Bertz CT molecular complexity index is 3050. The van der Waals surface area contributed by atoms with E-state index >= 15 is 0 Å². The zero-order valence-electron chi connectivity index (χ0n) is 38.7. The number of pyridine rings is 1. The van der Waals surface area contributed by atoms with Crippen LogP contribution in [0.3, 0.4) is 0 Å². The van der Waals surface area contributed by atoms with Crippen molar-refractivity contribution < 1.29 is 29.1 Å². The van der Waals surface area contributed by atoms with Crippen LogP contribution in [0.25, 0.3) is 11.3 Å².